The minimum Gasteiger partial charge on any atom is -0.330 e. The molecule has 4 rings (SSSR count). The van der Waals surface area contributed by atoms with Crippen LogP contribution in [0.15, 0.2) is 29.3 Å². The lowest BCUT2D eigenvalue weighted by Gasteiger charge is -2.32. The van der Waals surface area contributed by atoms with Gasteiger partial charge in [-0.1, -0.05) is 13.8 Å². The molecule has 2 fully saturated rings. The van der Waals surface area contributed by atoms with E-state index in [1.807, 2.05) is 21.9 Å². The second-order valence-corrected chi connectivity index (χ2v) is 7.52. The zero-order valence-electron chi connectivity index (χ0n) is 15.1. The van der Waals surface area contributed by atoms with Crippen LogP contribution in [0, 0.1) is 5.92 Å². The number of urea groups is 1. The van der Waals surface area contributed by atoms with E-state index in [0.717, 1.165) is 49.7 Å². The summed E-state index contributed by atoms with van der Waals surface area (Å²) in [4.78, 5) is 23.4. The quantitative estimate of drug-likeness (QED) is 0.917. The number of hydrogen-bond acceptors (Lipinski definition) is 4. The minimum absolute atomic E-state index is 0.0908. The van der Waals surface area contributed by atoms with Crippen LogP contribution in [0.1, 0.15) is 26.7 Å². The summed E-state index contributed by atoms with van der Waals surface area (Å²) in [5, 5.41) is 0. The third kappa shape index (κ3) is 2.78. The Bertz CT molecular complexity index is 684. The first-order valence-corrected chi connectivity index (χ1v) is 9.32. The van der Waals surface area contributed by atoms with Crippen LogP contribution in [0.2, 0.25) is 0 Å². The molecular formula is C19H27N5O. The van der Waals surface area contributed by atoms with Gasteiger partial charge in [0.1, 0.15) is 5.84 Å². The molecule has 0 spiro atoms. The maximum Gasteiger partial charge on any atom is 0.324 e. The third-order valence-corrected chi connectivity index (χ3v) is 5.52. The maximum absolute atomic E-state index is 12.6. The second-order valence-electron chi connectivity index (χ2n) is 7.52. The van der Waals surface area contributed by atoms with Crippen LogP contribution in [0.4, 0.5) is 16.2 Å². The van der Waals surface area contributed by atoms with E-state index in [9.17, 15) is 4.79 Å². The lowest BCUT2D eigenvalue weighted by atomic mass is 10.1. The number of amidine groups is 1. The highest BCUT2D eigenvalue weighted by Crippen LogP contribution is 2.31. The fourth-order valence-corrected chi connectivity index (χ4v) is 4.18. The molecule has 0 saturated carbocycles. The Labute approximate surface area is 149 Å². The maximum atomic E-state index is 12.6. The van der Waals surface area contributed by atoms with Crippen LogP contribution >= 0.6 is 0 Å². The van der Waals surface area contributed by atoms with Gasteiger partial charge in [0, 0.05) is 49.5 Å². The van der Waals surface area contributed by atoms with Gasteiger partial charge in [0.15, 0.2) is 0 Å². The number of anilines is 2. The molecule has 0 bridgehead atoms. The van der Waals surface area contributed by atoms with Crippen LogP contribution in [-0.2, 0) is 0 Å². The number of nitrogens with two attached hydrogens (primary N) is 1. The summed E-state index contributed by atoms with van der Waals surface area (Å²) in [6.45, 7) is 7.77. The third-order valence-electron chi connectivity index (χ3n) is 5.52. The molecule has 0 aliphatic carbocycles. The summed E-state index contributed by atoms with van der Waals surface area (Å²) >= 11 is 0. The molecule has 2 amide bonds. The van der Waals surface area contributed by atoms with Crippen molar-refractivity contribution in [1.29, 1.82) is 0 Å². The zero-order chi connectivity index (χ0) is 17.6. The van der Waals surface area contributed by atoms with E-state index in [2.05, 4.69) is 30.9 Å². The monoisotopic (exact) mass is 341 g/mol. The van der Waals surface area contributed by atoms with Crippen molar-refractivity contribution >= 4 is 23.2 Å². The molecule has 0 aromatic heterocycles. The van der Waals surface area contributed by atoms with Gasteiger partial charge in [-0.05, 0) is 37.1 Å². The lowest BCUT2D eigenvalue weighted by molar-refractivity contribution is 0.218. The lowest BCUT2D eigenvalue weighted by Crippen LogP contribution is -2.38. The van der Waals surface area contributed by atoms with Crippen LogP contribution in [0.5, 0.6) is 0 Å². The van der Waals surface area contributed by atoms with Crippen molar-refractivity contribution in [1.82, 2.24) is 4.90 Å². The van der Waals surface area contributed by atoms with Crippen LogP contribution in [-0.4, -0.2) is 55.0 Å². The molecule has 3 heterocycles. The molecular weight excluding hydrogens is 314 g/mol. The molecule has 25 heavy (non-hydrogen) atoms. The zero-order valence-corrected chi connectivity index (χ0v) is 15.1. The topological polar surface area (TPSA) is 65.2 Å². The van der Waals surface area contributed by atoms with Gasteiger partial charge in [-0.3, -0.25) is 9.89 Å². The number of carbonyl (C=O) groups excluding carboxylic acids is 1. The SMILES string of the molecule is CC(C)C1=NCCCN1c1ccc(N2C[C@@H]3[C@H](N)CCN3C2=O)cc1. The smallest absolute Gasteiger partial charge is 0.324 e. The van der Waals surface area contributed by atoms with Gasteiger partial charge < -0.3 is 15.5 Å². The molecule has 1 aromatic carbocycles. The molecule has 6 heteroatoms. The van der Waals surface area contributed by atoms with E-state index < -0.39 is 0 Å². The molecule has 3 aliphatic rings. The number of carbonyl (C=O) groups is 1. The molecule has 2 N–H and O–H groups in total. The molecule has 2 saturated heterocycles. The normalized spacial score (nSPS) is 26.5. The van der Waals surface area contributed by atoms with Crippen molar-refractivity contribution < 1.29 is 4.79 Å². The standard InChI is InChI=1S/C19H27N5O/c1-13(2)18-21-9-3-10-22(18)14-4-6-15(7-5-14)24-12-17-16(20)8-11-23(17)19(24)25/h4-7,13,16-17H,3,8-12,20H2,1-2H3/t16-,17-/m1/s1. The Morgan fingerprint density at radius 3 is 2.44 bits per heavy atom. The second kappa shape index (κ2) is 6.33. The van der Waals surface area contributed by atoms with Gasteiger partial charge in [0.25, 0.3) is 0 Å². The van der Waals surface area contributed by atoms with Crippen LogP contribution in [0.25, 0.3) is 0 Å². The van der Waals surface area contributed by atoms with Gasteiger partial charge in [-0.25, -0.2) is 4.79 Å². The van der Waals surface area contributed by atoms with E-state index in [-0.39, 0.29) is 18.1 Å². The van der Waals surface area contributed by atoms with Crippen molar-refractivity contribution in [3.63, 3.8) is 0 Å². The van der Waals surface area contributed by atoms with Gasteiger partial charge in [-0.2, -0.15) is 0 Å². The number of benzene rings is 1. The van der Waals surface area contributed by atoms with E-state index >= 15 is 0 Å². The molecule has 2 atom stereocenters. The highest BCUT2D eigenvalue weighted by Gasteiger charge is 2.44. The summed E-state index contributed by atoms with van der Waals surface area (Å²) < 4.78 is 0. The molecule has 134 valence electrons. The molecule has 0 radical (unpaired) electrons. The van der Waals surface area contributed by atoms with Gasteiger partial charge >= 0.3 is 6.03 Å². The summed E-state index contributed by atoms with van der Waals surface area (Å²) in [5.74, 6) is 1.57. The highest BCUT2D eigenvalue weighted by atomic mass is 16.2. The Hall–Kier alpha value is -2.08. The summed E-state index contributed by atoms with van der Waals surface area (Å²) in [5.41, 5.74) is 8.25. The molecule has 6 nitrogen and oxygen atoms in total. The number of aliphatic imine (C=N–C) groups is 1. The van der Waals surface area contributed by atoms with Crippen LogP contribution in [0.3, 0.4) is 0 Å². The van der Waals surface area contributed by atoms with Crippen molar-refractivity contribution in [2.24, 2.45) is 16.6 Å². The first-order chi connectivity index (χ1) is 12.1. The highest BCUT2D eigenvalue weighted by molar-refractivity contribution is 6.00. The Morgan fingerprint density at radius 1 is 1.12 bits per heavy atom. The Kier molecular flexibility index (Phi) is 4.15. The summed E-state index contributed by atoms with van der Waals surface area (Å²) in [6.07, 6.45) is 1.99. The molecule has 0 unspecified atom stereocenters. The van der Waals surface area contributed by atoms with E-state index in [4.69, 9.17) is 10.7 Å². The molecule has 3 aliphatic heterocycles. The first-order valence-electron chi connectivity index (χ1n) is 9.32. The van der Waals surface area contributed by atoms with E-state index in [1.54, 1.807) is 0 Å². The predicted molar refractivity (Wildman–Crippen MR) is 101 cm³/mol. The van der Waals surface area contributed by atoms with Crippen molar-refractivity contribution in [3.8, 4) is 0 Å². The fourth-order valence-electron chi connectivity index (χ4n) is 4.18. The Morgan fingerprint density at radius 2 is 1.80 bits per heavy atom. The van der Waals surface area contributed by atoms with Crippen LogP contribution < -0.4 is 15.5 Å². The number of fused-ring (bicyclic) bond motifs is 1. The number of rotatable bonds is 3. The predicted octanol–water partition coefficient (Wildman–Crippen LogP) is 2.29. The van der Waals surface area contributed by atoms with E-state index in [0.29, 0.717) is 12.5 Å². The average molecular weight is 341 g/mol. The summed E-state index contributed by atoms with van der Waals surface area (Å²) in [6, 6.07) is 8.67. The number of amides is 2. The van der Waals surface area contributed by atoms with Crippen molar-refractivity contribution in [3.05, 3.63) is 24.3 Å². The van der Waals surface area contributed by atoms with Crippen molar-refractivity contribution in [2.45, 2.75) is 38.8 Å². The number of nitrogens with zero attached hydrogens (tertiary/aromatic N) is 4. The Balaban J connectivity index is 1.54. The molecule has 1 aromatic rings. The van der Waals surface area contributed by atoms with Crippen molar-refractivity contribution in [2.75, 3.05) is 36.0 Å². The van der Waals surface area contributed by atoms with E-state index in [1.165, 1.54) is 0 Å². The van der Waals surface area contributed by atoms with Gasteiger partial charge in [0.2, 0.25) is 0 Å². The van der Waals surface area contributed by atoms with Gasteiger partial charge in [0.05, 0.1) is 6.04 Å². The fraction of sp³-hybridized carbons (Fsp3) is 0.579. The largest absolute Gasteiger partial charge is 0.330 e. The minimum atomic E-state index is 0.0908. The number of hydrogen-bond donors (Lipinski definition) is 1. The van der Waals surface area contributed by atoms with Gasteiger partial charge in [-0.15, -0.1) is 0 Å². The first kappa shape index (κ1) is 16.4. The summed E-state index contributed by atoms with van der Waals surface area (Å²) in [7, 11) is 0. The average Bonchev–Trinajstić information content (AvgIpc) is 3.15.